The van der Waals surface area contributed by atoms with Gasteiger partial charge in [-0.1, -0.05) is 23.7 Å². The van der Waals surface area contributed by atoms with E-state index in [9.17, 15) is 0 Å². The van der Waals surface area contributed by atoms with Crippen LogP contribution in [0.4, 0.5) is 0 Å². The number of ether oxygens (including phenoxy) is 1. The summed E-state index contributed by atoms with van der Waals surface area (Å²) in [6, 6.07) is 6.65. The molecule has 17 heavy (non-hydrogen) atoms. The molecule has 2 rings (SSSR count). The van der Waals surface area contributed by atoms with Gasteiger partial charge in [0, 0.05) is 23.9 Å². The van der Waals surface area contributed by atoms with Gasteiger partial charge in [0.15, 0.2) is 0 Å². The summed E-state index contributed by atoms with van der Waals surface area (Å²) in [5.41, 5.74) is 1.16. The van der Waals surface area contributed by atoms with Crippen LogP contribution in [0.5, 0.6) is 5.75 Å². The molecule has 1 aliphatic carbocycles. The zero-order chi connectivity index (χ0) is 12.1. The average Bonchev–Trinajstić information content (AvgIpc) is 3.13. The van der Waals surface area contributed by atoms with Gasteiger partial charge in [0.1, 0.15) is 5.75 Å². The monoisotopic (exact) mass is 271 g/mol. The summed E-state index contributed by atoms with van der Waals surface area (Å²) in [6.45, 7) is 1.56. The molecular formula is C13H18ClNOS. The highest BCUT2D eigenvalue weighted by Gasteiger charge is 2.20. The lowest BCUT2D eigenvalue weighted by atomic mass is 10.2. The largest absolute Gasteiger partial charge is 0.491 e. The number of hydrogen-bond acceptors (Lipinski definition) is 3. The van der Waals surface area contributed by atoms with Crippen LogP contribution in [0.3, 0.4) is 0 Å². The smallest absolute Gasteiger partial charge is 0.142 e. The van der Waals surface area contributed by atoms with Crippen molar-refractivity contribution in [2.24, 2.45) is 0 Å². The van der Waals surface area contributed by atoms with Gasteiger partial charge in [-0.15, -0.1) is 0 Å². The molecule has 0 bridgehead atoms. The number of benzene rings is 1. The van der Waals surface area contributed by atoms with E-state index >= 15 is 0 Å². The minimum atomic E-state index is 0.702. The summed E-state index contributed by atoms with van der Waals surface area (Å²) in [5.74, 6) is 1.83. The third kappa shape index (κ3) is 4.09. The van der Waals surface area contributed by atoms with Crippen LogP contribution in [0.1, 0.15) is 18.4 Å². The van der Waals surface area contributed by atoms with Crippen molar-refractivity contribution >= 4 is 23.4 Å². The van der Waals surface area contributed by atoms with Crippen molar-refractivity contribution in [3.63, 3.8) is 0 Å². The zero-order valence-corrected chi connectivity index (χ0v) is 11.6. The Balaban J connectivity index is 1.98. The second kappa shape index (κ2) is 6.53. The molecule has 0 saturated heterocycles. The molecule has 0 aromatic heterocycles. The van der Waals surface area contributed by atoms with E-state index in [4.69, 9.17) is 16.3 Å². The Morgan fingerprint density at radius 2 is 2.29 bits per heavy atom. The zero-order valence-electron chi connectivity index (χ0n) is 10.0. The van der Waals surface area contributed by atoms with Gasteiger partial charge < -0.3 is 10.1 Å². The van der Waals surface area contributed by atoms with Crippen LogP contribution >= 0.6 is 23.4 Å². The van der Waals surface area contributed by atoms with Crippen LogP contribution in [0.15, 0.2) is 18.2 Å². The molecule has 94 valence electrons. The van der Waals surface area contributed by atoms with E-state index in [2.05, 4.69) is 17.6 Å². The van der Waals surface area contributed by atoms with Crippen molar-refractivity contribution in [3.05, 3.63) is 28.8 Å². The Bertz CT molecular complexity index is 368. The van der Waals surface area contributed by atoms with Crippen LogP contribution in [0.2, 0.25) is 5.02 Å². The molecule has 0 aliphatic heterocycles. The number of hydrogen-bond donors (Lipinski definition) is 1. The third-order valence-electron chi connectivity index (χ3n) is 2.74. The van der Waals surface area contributed by atoms with Crippen LogP contribution in [0.25, 0.3) is 0 Å². The predicted octanol–water partition coefficient (Wildman–Crippen LogP) is 3.33. The standard InChI is InChI=1S/C13H18ClNOS/c1-17-8-7-16-13-10(3-2-4-12(13)14)9-15-11-5-6-11/h2-4,11,15H,5-9H2,1H3. The molecule has 1 N–H and O–H groups in total. The lowest BCUT2D eigenvalue weighted by molar-refractivity contribution is 0.339. The van der Waals surface area contributed by atoms with E-state index < -0.39 is 0 Å². The normalized spacial score (nSPS) is 14.9. The lowest BCUT2D eigenvalue weighted by Gasteiger charge is -2.13. The van der Waals surface area contributed by atoms with Crippen LogP contribution in [-0.4, -0.2) is 24.7 Å². The van der Waals surface area contributed by atoms with Crippen molar-refractivity contribution in [2.75, 3.05) is 18.6 Å². The number of nitrogens with one attached hydrogen (secondary N) is 1. The number of thioether (sulfide) groups is 1. The van der Waals surface area contributed by atoms with Gasteiger partial charge >= 0.3 is 0 Å². The van der Waals surface area contributed by atoms with E-state index in [0.29, 0.717) is 17.7 Å². The highest BCUT2D eigenvalue weighted by atomic mass is 35.5. The first-order valence-corrected chi connectivity index (χ1v) is 7.71. The first kappa shape index (κ1) is 13.1. The van der Waals surface area contributed by atoms with E-state index in [1.807, 2.05) is 12.1 Å². The van der Waals surface area contributed by atoms with Crippen LogP contribution in [0, 0.1) is 0 Å². The minimum absolute atomic E-state index is 0.702. The second-order valence-corrected chi connectivity index (χ2v) is 5.62. The molecule has 1 fully saturated rings. The van der Waals surface area contributed by atoms with E-state index in [-0.39, 0.29) is 0 Å². The van der Waals surface area contributed by atoms with Gasteiger partial charge in [-0.25, -0.2) is 0 Å². The Kier molecular flexibility index (Phi) is 5.01. The third-order valence-corrected chi connectivity index (χ3v) is 3.61. The van der Waals surface area contributed by atoms with Gasteiger partial charge in [0.05, 0.1) is 11.6 Å². The van der Waals surface area contributed by atoms with Gasteiger partial charge in [0.25, 0.3) is 0 Å². The molecular weight excluding hydrogens is 254 g/mol. The molecule has 4 heteroatoms. The summed E-state index contributed by atoms with van der Waals surface area (Å²) < 4.78 is 5.77. The fraction of sp³-hybridized carbons (Fsp3) is 0.538. The molecule has 0 amide bonds. The Hall–Kier alpha value is -0.380. The molecule has 0 atom stereocenters. The van der Waals surface area contributed by atoms with Gasteiger partial charge in [-0.3, -0.25) is 0 Å². The summed E-state index contributed by atoms with van der Waals surface area (Å²) >= 11 is 7.96. The molecule has 0 heterocycles. The molecule has 2 nitrogen and oxygen atoms in total. The minimum Gasteiger partial charge on any atom is -0.491 e. The maximum absolute atomic E-state index is 6.18. The van der Waals surface area contributed by atoms with Crippen molar-refractivity contribution in [3.8, 4) is 5.75 Å². The summed E-state index contributed by atoms with van der Waals surface area (Å²) in [4.78, 5) is 0. The first-order chi connectivity index (χ1) is 8.31. The Labute approximate surface area is 112 Å². The molecule has 1 saturated carbocycles. The van der Waals surface area contributed by atoms with Crippen molar-refractivity contribution in [2.45, 2.75) is 25.4 Å². The highest BCUT2D eigenvalue weighted by Crippen LogP contribution is 2.29. The summed E-state index contributed by atoms with van der Waals surface area (Å²) in [7, 11) is 0. The van der Waals surface area contributed by atoms with E-state index in [1.54, 1.807) is 11.8 Å². The maximum atomic E-state index is 6.18. The van der Waals surface area contributed by atoms with Gasteiger partial charge in [-0.2, -0.15) is 11.8 Å². The number of para-hydroxylation sites is 1. The maximum Gasteiger partial charge on any atom is 0.142 e. The van der Waals surface area contributed by atoms with E-state index in [1.165, 1.54) is 12.8 Å². The Morgan fingerprint density at radius 3 is 3.00 bits per heavy atom. The molecule has 1 aromatic carbocycles. The average molecular weight is 272 g/mol. The van der Waals surface area contributed by atoms with Gasteiger partial charge in [0.2, 0.25) is 0 Å². The molecule has 0 spiro atoms. The SMILES string of the molecule is CSCCOc1c(Cl)cccc1CNC1CC1. The fourth-order valence-electron chi connectivity index (χ4n) is 1.62. The Morgan fingerprint density at radius 1 is 1.47 bits per heavy atom. The highest BCUT2D eigenvalue weighted by molar-refractivity contribution is 7.98. The quantitative estimate of drug-likeness (QED) is 0.769. The second-order valence-electron chi connectivity index (χ2n) is 4.22. The van der Waals surface area contributed by atoms with Crippen molar-refractivity contribution in [1.82, 2.24) is 5.32 Å². The number of rotatable bonds is 7. The topological polar surface area (TPSA) is 21.3 Å². The summed E-state index contributed by atoms with van der Waals surface area (Å²) in [5, 5.41) is 4.20. The lowest BCUT2D eigenvalue weighted by Crippen LogP contribution is -2.16. The number of halogens is 1. The summed E-state index contributed by atoms with van der Waals surface area (Å²) in [6.07, 6.45) is 4.66. The van der Waals surface area contributed by atoms with Crippen LogP contribution in [-0.2, 0) is 6.54 Å². The molecule has 0 radical (unpaired) electrons. The van der Waals surface area contributed by atoms with E-state index in [0.717, 1.165) is 23.6 Å². The van der Waals surface area contributed by atoms with Crippen molar-refractivity contribution in [1.29, 1.82) is 0 Å². The first-order valence-electron chi connectivity index (χ1n) is 5.94. The molecule has 1 aliphatic rings. The van der Waals surface area contributed by atoms with Gasteiger partial charge in [-0.05, 0) is 25.2 Å². The van der Waals surface area contributed by atoms with Crippen molar-refractivity contribution < 1.29 is 4.74 Å². The predicted molar refractivity (Wildman–Crippen MR) is 75.2 cm³/mol. The molecule has 0 unspecified atom stereocenters. The fourth-order valence-corrected chi connectivity index (χ4v) is 2.12. The molecule has 1 aromatic rings. The van der Waals surface area contributed by atoms with Crippen LogP contribution < -0.4 is 10.1 Å².